The molecule has 0 bridgehead atoms. The van der Waals surface area contributed by atoms with E-state index in [1.54, 1.807) is 4.68 Å². The second-order valence-corrected chi connectivity index (χ2v) is 6.82. The van der Waals surface area contributed by atoms with Crippen molar-refractivity contribution in [1.29, 1.82) is 0 Å². The largest absolute Gasteiger partial charge is 0.407 e. The van der Waals surface area contributed by atoms with Gasteiger partial charge in [-0.05, 0) is 43.9 Å². The van der Waals surface area contributed by atoms with Gasteiger partial charge in [0.15, 0.2) is 0 Å². The highest BCUT2D eigenvalue weighted by atomic mass is 16.5. The molecule has 0 saturated carbocycles. The number of aromatic nitrogens is 2. The third kappa shape index (κ3) is 4.11. The molecule has 0 aliphatic carbocycles. The van der Waals surface area contributed by atoms with E-state index < -0.39 is 0 Å². The molecule has 0 fully saturated rings. The Balaban J connectivity index is 1.94. The third-order valence-electron chi connectivity index (χ3n) is 4.77. The molecule has 0 radical (unpaired) electrons. The lowest BCUT2D eigenvalue weighted by atomic mass is 9.97. The van der Waals surface area contributed by atoms with Gasteiger partial charge in [0.25, 0.3) is 0 Å². The SMILES string of the molecule is CCc1cc(OC(=O)C(CC)c2ccccc2)n(-c2ccc(C)cc2C)n1. The molecule has 0 spiro atoms. The topological polar surface area (TPSA) is 44.1 Å². The summed E-state index contributed by atoms with van der Waals surface area (Å²) in [5.74, 6) is -0.0748. The molecule has 1 unspecified atom stereocenters. The van der Waals surface area contributed by atoms with Crippen LogP contribution in [-0.2, 0) is 11.2 Å². The van der Waals surface area contributed by atoms with E-state index >= 15 is 0 Å². The molecule has 27 heavy (non-hydrogen) atoms. The molecule has 0 amide bonds. The first-order valence-corrected chi connectivity index (χ1v) is 9.46. The van der Waals surface area contributed by atoms with Crippen molar-refractivity contribution in [1.82, 2.24) is 9.78 Å². The van der Waals surface area contributed by atoms with E-state index in [0.717, 1.165) is 28.9 Å². The maximum absolute atomic E-state index is 12.9. The molecule has 0 saturated heterocycles. The van der Waals surface area contributed by atoms with Crippen molar-refractivity contribution in [3.63, 3.8) is 0 Å². The lowest BCUT2D eigenvalue weighted by molar-refractivity contribution is -0.136. The van der Waals surface area contributed by atoms with Crippen LogP contribution in [-0.4, -0.2) is 15.7 Å². The smallest absolute Gasteiger partial charge is 0.320 e. The zero-order valence-electron chi connectivity index (χ0n) is 16.4. The van der Waals surface area contributed by atoms with E-state index in [9.17, 15) is 4.79 Å². The van der Waals surface area contributed by atoms with Crippen LogP contribution >= 0.6 is 0 Å². The molecule has 3 aromatic rings. The van der Waals surface area contributed by atoms with Crippen molar-refractivity contribution in [2.45, 2.75) is 46.5 Å². The zero-order chi connectivity index (χ0) is 19.4. The number of hydrogen-bond donors (Lipinski definition) is 0. The highest BCUT2D eigenvalue weighted by Gasteiger charge is 2.23. The van der Waals surface area contributed by atoms with Crippen LogP contribution in [0.3, 0.4) is 0 Å². The molecule has 4 heteroatoms. The van der Waals surface area contributed by atoms with Gasteiger partial charge < -0.3 is 4.74 Å². The second-order valence-electron chi connectivity index (χ2n) is 6.82. The molecule has 4 nitrogen and oxygen atoms in total. The number of carbonyl (C=O) groups excluding carboxylic acids is 1. The van der Waals surface area contributed by atoms with Gasteiger partial charge in [-0.15, -0.1) is 0 Å². The normalized spacial score (nSPS) is 12.0. The van der Waals surface area contributed by atoms with Gasteiger partial charge in [0.2, 0.25) is 5.88 Å². The monoisotopic (exact) mass is 362 g/mol. The number of ether oxygens (including phenoxy) is 1. The van der Waals surface area contributed by atoms with Gasteiger partial charge in [-0.25, -0.2) is 4.68 Å². The number of rotatable bonds is 6. The average Bonchev–Trinajstić information content (AvgIpc) is 3.06. The van der Waals surface area contributed by atoms with Crippen LogP contribution < -0.4 is 4.74 Å². The Labute approximate surface area is 160 Å². The molecule has 1 aromatic heterocycles. The first-order valence-electron chi connectivity index (χ1n) is 9.46. The number of nitrogens with zero attached hydrogens (tertiary/aromatic N) is 2. The lowest BCUT2D eigenvalue weighted by Gasteiger charge is -2.15. The van der Waals surface area contributed by atoms with Crippen LogP contribution in [0.25, 0.3) is 5.69 Å². The molecule has 0 aliphatic heterocycles. The summed E-state index contributed by atoms with van der Waals surface area (Å²) in [7, 11) is 0. The standard InChI is InChI=1S/C23H26N2O2/c1-5-19-15-22(25(24-19)21-13-12-16(3)14-17(21)4)27-23(26)20(6-2)18-10-8-7-9-11-18/h7-15,20H,5-6H2,1-4H3. The van der Waals surface area contributed by atoms with E-state index in [1.165, 1.54) is 5.56 Å². The van der Waals surface area contributed by atoms with Crippen molar-refractivity contribution < 1.29 is 9.53 Å². The molecule has 3 rings (SSSR count). The molecular weight excluding hydrogens is 336 g/mol. The van der Waals surface area contributed by atoms with Gasteiger partial charge in [-0.2, -0.15) is 5.10 Å². The quantitative estimate of drug-likeness (QED) is 0.570. The van der Waals surface area contributed by atoms with Crippen molar-refractivity contribution in [2.24, 2.45) is 0 Å². The highest BCUT2D eigenvalue weighted by Crippen LogP contribution is 2.27. The summed E-state index contributed by atoms with van der Waals surface area (Å²) in [4.78, 5) is 12.9. The molecule has 140 valence electrons. The fourth-order valence-electron chi connectivity index (χ4n) is 3.27. The van der Waals surface area contributed by atoms with Gasteiger partial charge in [0, 0.05) is 6.07 Å². The fourth-order valence-corrected chi connectivity index (χ4v) is 3.27. The minimum absolute atomic E-state index is 0.253. The van der Waals surface area contributed by atoms with Crippen LogP contribution in [0.15, 0.2) is 54.6 Å². The Bertz CT molecular complexity index is 929. The van der Waals surface area contributed by atoms with Crippen molar-refractivity contribution >= 4 is 5.97 Å². The summed E-state index contributed by atoms with van der Waals surface area (Å²) in [6.07, 6.45) is 1.46. The van der Waals surface area contributed by atoms with Crippen LogP contribution in [0.2, 0.25) is 0 Å². The second kappa shape index (κ2) is 8.21. The number of hydrogen-bond acceptors (Lipinski definition) is 3. The van der Waals surface area contributed by atoms with E-state index in [-0.39, 0.29) is 11.9 Å². The van der Waals surface area contributed by atoms with Gasteiger partial charge in [0.1, 0.15) is 0 Å². The lowest BCUT2D eigenvalue weighted by Crippen LogP contribution is -2.20. The van der Waals surface area contributed by atoms with Crippen molar-refractivity contribution in [2.75, 3.05) is 0 Å². The van der Waals surface area contributed by atoms with E-state index in [4.69, 9.17) is 4.74 Å². The third-order valence-corrected chi connectivity index (χ3v) is 4.77. The fraction of sp³-hybridized carbons (Fsp3) is 0.304. The van der Waals surface area contributed by atoms with Crippen LogP contribution in [0, 0.1) is 13.8 Å². The Morgan fingerprint density at radius 3 is 2.44 bits per heavy atom. The summed E-state index contributed by atoms with van der Waals surface area (Å²) in [6.45, 7) is 8.14. The number of esters is 1. The Morgan fingerprint density at radius 2 is 1.81 bits per heavy atom. The van der Waals surface area contributed by atoms with Gasteiger partial charge >= 0.3 is 5.97 Å². The van der Waals surface area contributed by atoms with E-state index in [2.05, 4.69) is 18.1 Å². The maximum atomic E-state index is 12.9. The van der Waals surface area contributed by atoms with Crippen molar-refractivity contribution in [3.05, 3.63) is 77.0 Å². The molecule has 0 N–H and O–H groups in total. The van der Waals surface area contributed by atoms with Crippen LogP contribution in [0.5, 0.6) is 5.88 Å². The minimum Gasteiger partial charge on any atom is -0.407 e. The van der Waals surface area contributed by atoms with Crippen LogP contribution in [0.4, 0.5) is 0 Å². The van der Waals surface area contributed by atoms with Gasteiger partial charge in [0.05, 0.1) is 17.3 Å². The average molecular weight is 362 g/mol. The van der Waals surface area contributed by atoms with E-state index in [0.29, 0.717) is 12.3 Å². The van der Waals surface area contributed by atoms with Gasteiger partial charge in [-0.3, -0.25) is 4.79 Å². The summed E-state index contributed by atoms with van der Waals surface area (Å²) in [5.41, 5.74) is 5.07. The predicted molar refractivity (Wildman–Crippen MR) is 108 cm³/mol. The van der Waals surface area contributed by atoms with Crippen molar-refractivity contribution in [3.8, 4) is 11.6 Å². The predicted octanol–water partition coefficient (Wildman–Crippen LogP) is 5.15. The summed E-state index contributed by atoms with van der Waals surface area (Å²) < 4.78 is 7.58. The highest BCUT2D eigenvalue weighted by molar-refractivity contribution is 5.80. The Morgan fingerprint density at radius 1 is 1.07 bits per heavy atom. The first kappa shape index (κ1) is 18.9. The molecule has 0 aliphatic rings. The number of carbonyl (C=O) groups is 1. The number of benzene rings is 2. The van der Waals surface area contributed by atoms with E-state index in [1.807, 2.05) is 69.3 Å². The summed E-state index contributed by atoms with van der Waals surface area (Å²) in [5, 5.41) is 4.64. The molecule has 1 atom stereocenters. The summed E-state index contributed by atoms with van der Waals surface area (Å²) in [6, 6.07) is 17.8. The molecule has 1 heterocycles. The Hall–Kier alpha value is -2.88. The summed E-state index contributed by atoms with van der Waals surface area (Å²) >= 11 is 0. The number of aryl methyl sites for hydroxylation is 3. The first-order chi connectivity index (χ1) is 13.0. The minimum atomic E-state index is -0.293. The Kier molecular flexibility index (Phi) is 5.75. The maximum Gasteiger partial charge on any atom is 0.320 e. The zero-order valence-corrected chi connectivity index (χ0v) is 16.4. The van der Waals surface area contributed by atoms with Gasteiger partial charge in [-0.1, -0.05) is 61.9 Å². The molecule has 2 aromatic carbocycles. The molecular formula is C23H26N2O2. The van der Waals surface area contributed by atoms with Crippen LogP contribution in [0.1, 0.15) is 48.6 Å².